The van der Waals surface area contributed by atoms with E-state index in [-0.39, 0.29) is 5.91 Å². The summed E-state index contributed by atoms with van der Waals surface area (Å²) in [6, 6.07) is 4.90. The smallest absolute Gasteiger partial charge is 0.239 e. The zero-order valence-electron chi connectivity index (χ0n) is 11.0. The zero-order valence-corrected chi connectivity index (χ0v) is 13.4. The van der Waals surface area contributed by atoms with Crippen molar-refractivity contribution in [1.29, 1.82) is 0 Å². The van der Waals surface area contributed by atoms with Crippen LogP contribution in [0.5, 0.6) is 0 Å². The molecular formula is C13H18Cl2N2OS. The van der Waals surface area contributed by atoms with Crippen LogP contribution in [0.15, 0.2) is 18.2 Å². The van der Waals surface area contributed by atoms with E-state index >= 15 is 0 Å². The Morgan fingerprint density at radius 3 is 2.68 bits per heavy atom. The molecule has 0 radical (unpaired) electrons. The Labute approximate surface area is 128 Å². The van der Waals surface area contributed by atoms with Gasteiger partial charge in [0.2, 0.25) is 5.91 Å². The topological polar surface area (TPSA) is 46.3 Å². The van der Waals surface area contributed by atoms with Gasteiger partial charge in [-0.05, 0) is 36.1 Å². The Morgan fingerprint density at radius 1 is 1.42 bits per heavy atom. The van der Waals surface area contributed by atoms with Gasteiger partial charge in [-0.3, -0.25) is 4.79 Å². The maximum absolute atomic E-state index is 12.0. The maximum Gasteiger partial charge on any atom is 0.239 e. The number of rotatable bonds is 6. The normalized spacial score (nSPS) is 12.3. The second kappa shape index (κ2) is 8.00. The van der Waals surface area contributed by atoms with Crippen LogP contribution in [0.4, 0.5) is 0 Å². The predicted octanol–water partition coefficient (Wildman–Crippen LogP) is 3.03. The number of hydrogen-bond acceptors (Lipinski definition) is 3. The molecular weight excluding hydrogens is 303 g/mol. The molecule has 19 heavy (non-hydrogen) atoms. The lowest BCUT2D eigenvalue weighted by Crippen LogP contribution is -2.41. The summed E-state index contributed by atoms with van der Waals surface area (Å²) < 4.78 is 0. The van der Waals surface area contributed by atoms with E-state index in [1.165, 1.54) is 0 Å². The molecule has 3 nitrogen and oxygen atoms in total. The number of hydrogen-bond donors (Lipinski definition) is 1. The van der Waals surface area contributed by atoms with Crippen LogP contribution in [0, 0.1) is 0 Å². The maximum atomic E-state index is 12.0. The first-order valence-corrected chi connectivity index (χ1v) is 8.04. The van der Waals surface area contributed by atoms with E-state index in [9.17, 15) is 4.79 Å². The van der Waals surface area contributed by atoms with Gasteiger partial charge in [0.1, 0.15) is 0 Å². The number of halogens is 2. The van der Waals surface area contributed by atoms with Crippen LogP contribution in [0.1, 0.15) is 12.0 Å². The molecule has 1 rings (SSSR count). The molecule has 6 heteroatoms. The summed E-state index contributed by atoms with van der Waals surface area (Å²) in [5, 5.41) is 1.00. The van der Waals surface area contributed by atoms with Crippen molar-refractivity contribution in [1.82, 2.24) is 4.90 Å². The van der Waals surface area contributed by atoms with Crippen molar-refractivity contribution >= 4 is 40.9 Å². The van der Waals surface area contributed by atoms with E-state index in [4.69, 9.17) is 28.9 Å². The quantitative estimate of drug-likeness (QED) is 0.876. The molecule has 1 aromatic rings. The minimum absolute atomic E-state index is 0.0554. The number of nitrogens with zero attached hydrogens (tertiary/aromatic N) is 1. The van der Waals surface area contributed by atoms with Gasteiger partial charge in [-0.1, -0.05) is 29.3 Å². The first-order valence-electron chi connectivity index (χ1n) is 5.89. The monoisotopic (exact) mass is 320 g/mol. The van der Waals surface area contributed by atoms with Gasteiger partial charge in [0.05, 0.1) is 16.1 Å². The lowest BCUT2D eigenvalue weighted by atomic mass is 10.2. The molecule has 2 N–H and O–H groups in total. The zero-order chi connectivity index (χ0) is 14.4. The van der Waals surface area contributed by atoms with Crippen molar-refractivity contribution in [2.75, 3.05) is 19.1 Å². The average molecular weight is 321 g/mol. The standard InChI is InChI=1S/C13H18Cl2N2OS/c1-17(13(18)12(16)5-6-19-2)8-9-3-4-10(14)11(15)7-9/h3-4,7,12H,5-6,8,16H2,1-2H3/t12-/m1/s1. The lowest BCUT2D eigenvalue weighted by Gasteiger charge is -2.21. The molecule has 0 aromatic heterocycles. The molecule has 1 aromatic carbocycles. The fraction of sp³-hybridized carbons (Fsp3) is 0.462. The summed E-state index contributed by atoms with van der Waals surface area (Å²) in [5.74, 6) is 0.827. The van der Waals surface area contributed by atoms with Gasteiger partial charge in [-0.2, -0.15) is 11.8 Å². The molecule has 106 valence electrons. The van der Waals surface area contributed by atoms with E-state index in [1.807, 2.05) is 12.3 Å². The Kier molecular flexibility index (Phi) is 7.00. The van der Waals surface area contributed by atoms with E-state index in [0.717, 1.165) is 11.3 Å². The predicted molar refractivity (Wildman–Crippen MR) is 83.9 cm³/mol. The van der Waals surface area contributed by atoms with E-state index in [2.05, 4.69) is 0 Å². The highest BCUT2D eigenvalue weighted by atomic mass is 35.5. The highest BCUT2D eigenvalue weighted by molar-refractivity contribution is 7.98. The number of nitrogens with two attached hydrogens (primary N) is 1. The van der Waals surface area contributed by atoms with Crippen molar-refractivity contribution in [3.05, 3.63) is 33.8 Å². The van der Waals surface area contributed by atoms with Crippen molar-refractivity contribution < 1.29 is 4.79 Å². The van der Waals surface area contributed by atoms with Gasteiger partial charge in [0.25, 0.3) is 0 Å². The molecule has 0 heterocycles. The van der Waals surface area contributed by atoms with Crippen molar-refractivity contribution in [2.24, 2.45) is 5.73 Å². The number of carbonyl (C=O) groups is 1. The van der Waals surface area contributed by atoms with Crippen LogP contribution in [-0.2, 0) is 11.3 Å². The van der Waals surface area contributed by atoms with Gasteiger partial charge < -0.3 is 10.6 Å². The SMILES string of the molecule is CSCC[C@@H](N)C(=O)N(C)Cc1ccc(Cl)c(Cl)c1. The lowest BCUT2D eigenvalue weighted by molar-refractivity contribution is -0.131. The third-order valence-corrected chi connectivity index (χ3v) is 4.11. The van der Waals surface area contributed by atoms with Crippen LogP contribution in [-0.4, -0.2) is 35.9 Å². The summed E-state index contributed by atoms with van der Waals surface area (Å²) in [6.45, 7) is 0.475. The first kappa shape index (κ1) is 16.6. The summed E-state index contributed by atoms with van der Waals surface area (Å²) in [7, 11) is 1.74. The largest absolute Gasteiger partial charge is 0.340 e. The number of benzene rings is 1. The van der Waals surface area contributed by atoms with Crippen LogP contribution in [0.2, 0.25) is 10.0 Å². The van der Waals surface area contributed by atoms with E-state index in [0.29, 0.717) is 23.0 Å². The minimum atomic E-state index is -0.444. The molecule has 0 bridgehead atoms. The highest BCUT2D eigenvalue weighted by Gasteiger charge is 2.17. The number of thioether (sulfide) groups is 1. The van der Waals surface area contributed by atoms with E-state index < -0.39 is 6.04 Å². The minimum Gasteiger partial charge on any atom is -0.340 e. The summed E-state index contributed by atoms with van der Waals surface area (Å²) in [6.07, 6.45) is 2.68. The summed E-state index contributed by atoms with van der Waals surface area (Å²) in [4.78, 5) is 13.7. The van der Waals surface area contributed by atoms with E-state index in [1.54, 1.807) is 35.8 Å². The number of carbonyl (C=O) groups excluding carboxylic acids is 1. The molecule has 0 saturated heterocycles. The van der Waals surface area contributed by atoms with Crippen molar-refractivity contribution in [2.45, 2.75) is 19.0 Å². The van der Waals surface area contributed by atoms with Crippen LogP contribution in [0.25, 0.3) is 0 Å². The third kappa shape index (κ3) is 5.22. The second-order valence-electron chi connectivity index (χ2n) is 4.33. The van der Waals surface area contributed by atoms with Crippen LogP contribution in [0.3, 0.4) is 0 Å². The molecule has 0 aliphatic rings. The van der Waals surface area contributed by atoms with Gasteiger partial charge in [-0.25, -0.2) is 0 Å². The van der Waals surface area contributed by atoms with Gasteiger partial charge in [0.15, 0.2) is 0 Å². The second-order valence-corrected chi connectivity index (χ2v) is 6.13. The first-order chi connectivity index (χ1) is 8.95. The Morgan fingerprint density at radius 2 is 2.11 bits per heavy atom. The number of amides is 1. The van der Waals surface area contributed by atoms with Gasteiger partial charge in [0, 0.05) is 13.6 Å². The van der Waals surface area contributed by atoms with Crippen molar-refractivity contribution in [3.8, 4) is 0 Å². The molecule has 0 spiro atoms. The van der Waals surface area contributed by atoms with Crippen LogP contribution >= 0.6 is 35.0 Å². The molecule has 0 aliphatic heterocycles. The summed E-state index contributed by atoms with van der Waals surface area (Å²) in [5.41, 5.74) is 6.79. The molecule has 1 amide bonds. The average Bonchev–Trinajstić information content (AvgIpc) is 2.39. The molecule has 1 atom stereocenters. The fourth-order valence-corrected chi connectivity index (χ4v) is 2.45. The molecule has 0 unspecified atom stereocenters. The van der Waals surface area contributed by atoms with Gasteiger partial charge >= 0.3 is 0 Å². The molecule has 0 aliphatic carbocycles. The van der Waals surface area contributed by atoms with Crippen molar-refractivity contribution in [3.63, 3.8) is 0 Å². The molecule has 0 fully saturated rings. The highest BCUT2D eigenvalue weighted by Crippen LogP contribution is 2.23. The van der Waals surface area contributed by atoms with Crippen LogP contribution < -0.4 is 5.73 Å². The fourth-order valence-electron chi connectivity index (χ4n) is 1.64. The Balaban J connectivity index is 2.60. The number of likely N-dealkylation sites (N-methyl/N-ethyl adjacent to an activating group) is 1. The molecule has 0 saturated carbocycles. The van der Waals surface area contributed by atoms with Gasteiger partial charge in [-0.15, -0.1) is 0 Å². The third-order valence-electron chi connectivity index (χ3n) is 2.73. The summed E-state index contributed by atoms with van der Waals surface area (Å²) >= 11 is 13.5. The Bertz CT molecular complexity index is 443. The Hall–Kier alpha value is -0.420.